The van der Waals surface area contributed by atoms with E-state index in [0.717, 1.165) is 67.2 Å². The topological polar surface area (TPSA) is 35.6 Å². The molecule has 1 fully saturated rings. The Kier molecular flexibility index (Phi) is 9.31. The molecule has 1 aliphatic heterocycles. The van der Waals surface area contributed by atoms with E-state index in [2.05, 4.69) is 69.7 Å². The lowest BCUT2D eigenvalue weighted by Gasteiger charge is -2.38. The quantitative estimate of drug-likeness (QED) is 0.236. The number of piperidine rings is 1. The molecule has 1 N–H and O–H groups in total. The highest BCUT2D eigenvalue weighted by Gasteiger charge is 2.28. The average Bonchev–Trinajstić information content (AvgIpc) is 2.99. The molecular weight excluding hydrogens is 502 g/mol. The lowest BCUT2D eigenvalue weighted by atomic mass is 10.0. The number of amides is 2. The van der Waals surface area contributed by atoms with E-state index in [0.29, 0.717) is 6.54 Å². The zero-order valence-electron chi connectivity index (χ0n) is 22.3. The maximum Gasteiger partial charge on any atom is 0.322 e. The van der Waals surface area contributed by atoms with Gasteiger partial charge in [-0.1, -0.05) is 103 Å². The molecule has 4 nitrogen and oxygen atoms in total. The smallest absolute Gasteiger partial charge is 0.321 e. The van der Waals surface area contributed by atoms with Crippen LogP contribution in [-0.2, 0) is 12.8 Å². The summed E-state index contributed by atoms with van der Waals surface area (Å²) in [5.74, 6) is 0. The van der Waals surface area contributed by atoms with E-state index in [1.807, 2.05) is 54.6 Å². The number of para-hydroxylation sites is 1. The predicted octanol–water partition coefficient (Wildman–Crippen LogP) is 7.79. The van der Waals surface area contributed by atoms with Gasteiger partial charge in [0.2, 0.25) is 0 Å². The van der Waals surface area contributed by atoms with Crippen molar-refractivity contribution >= 4 is 23.3 Å². The Morgan fingerprint density at radius 2 is 1.38 bits per heavy atom. The third-order valence-electron chi connectivity index (χ3n) is 7.63. The number of nitrogens with one attached hydrogen (secondary N) is 1. The molecule has 5 heteroatoms. The molecule has 2 amide bonds. The third kappa shape index (κ3) is 7.50. The van der Waals surface area contributed by atoms with Crippen LogP contribution in [0.15, 0.2) is 109 Å². The van der Waals surface area contributed by atoms with Crippen molar-refractivity contribution in [3.63, 3.8) is 0 Å². The van der Waals surface area contributed by atoms with Crippen molar-refractivity contribution in [2.45, 2.75) is 31.7 Å². The largest absolute Gasteiger partial charge is 0.322 e. The first-order valence-electron chi connectivity index (χ1n) is 13.9. The molecule has 5 rings (SSSR count). The summed E-state index contributed by atoms with van der Waals surface area (Å²) in [5, 5.41) is 4.05. The highest BCUT2D eigenvalue weighted by Crippen LogP contribution is 2.28. The molecule has 0 atom stereocenters. The van der Waals surface area contributed by atoms with Crippen molar-refractivity contribution < 1.29 is 4.79 Å². The second-order valence-corrected chi connectivity index (χ2v) is 10.7. The first-order chi connectivity index (χ1) is 19.2. The van der Waals surface area contributed by atoms with Crippen LogP contribution in [-0.4, -0.2) is 48.1 Å². The summed E-state index contributed by atoms with van der Waals surface area (Å²) in [6.45, 7) is 3.70. The van der Waals surface area contributed by atoms with Crippen LogP contribution in [0, 0.1) is 0 Å². The third-order valence-corrected chi connectivity index (χ3v) is 7.88. The van der Waals surface area contributed by atoms with E-state index in [1.165, 1.54) is 11.1 Å². The molecule has 4 aromatic carbocycles. The van der Waals surface area contributed by atoms with Crippen molar-refractivity contribution in [3.05, 3.63) is 125 Å². The van der Waals surface area contributed by atoms with Gasteiger partial charge in [0.05, 0.1) is 5.69 Å². The summed E-state index contributed by atoms with van der Waals surface area (Å²) in [6.07, 6.45) is 3.80. The van der Waals surface area contributed by atoms with Gasteiger partial charge in [0.15, 0.2) is 0 Å². The first kappa shape index (κ1) is 27.0. The zero-order valence-corrected chi connectivity index (χ0v) is 23.1. The van der Waals surface area contributed by atoms with E-state index in [1.54, 1.807) is 0 Å². The van der Waals surface area contributed by atoms with Crippen LogP contribution in [0.2, 0.25) is 5.02 Å². The molecule has 0 unspecified atom stereocenters. The van der Waals surface area contributed by atoms with Crippen LogP contribution < -0.4 is 5.32 Å². The minimum atomic E-state index is -0.0195. The standard InChI is InChI=1S/C34H36ClN3O/c35-30-17-15-28(16-18-30)19-23-37-24-21-31(22-25-37)38(26-20-27-9-3-1-4-10-27)34(39)36-33-14-8-7-13-32(33)29-11-5-2-6-12-29/h1-18,31H,19-26H2,(H,36,39). The summed E-state index contributed by atoms with van der Waals surface area (Å²) >= 11 is 6.04. The SMILES string of the molecule is O=C(Nc1ccccc1-c1ccccc1)N(CCc1ccccc1)C1CCN(CCc2ccc(Cl)cc2)CC1. The second kappa shape index (κ2) is 13.5. The molecule has 4 aromatic rings. The highest BCUT2D eigenvalue weighted by atomic mass is 35.5. The van der Waals surface area contributed by atoms with Crippen molar-refractivity contribution in [2.75, 3.05) is 31.5 Å². The summed E-state index contributed by atoms with van der Waals surface area (Å²) in [7, 11) is 0. The van der Waals surface area contributed by atoms with E-state index >= 15 is 0 Å². The molecule has 0 bridgehead atoms. The Labute approximate surface area is 237 Å². The van der Waals surface area contributed by atoms with E-state index < -0.39 is 0 Å². The van der Waals surface area contributed by atoms with Gasteiger partial charge >= 0.3 is 6.03 Å². The lowest BCUT2D eigenvalue weighted by Crippen LogP contribution is -2.49. The Morgan fingerprint density at radius 1 is 0.769 bits per heavy atom. The molecule has 39 heavy (non-hydrogen) atoms. The molecule has 0 radical (unpaired) electrons. The summed E-state index contributed by atoms with van der Waals surface area (Å²) in [6, 6.07) is 37.1. The number of carbonyl (C=O) groups excluding carboxylic acids is 1. The van der Waals surface area contributed by atoms with E-state index in [4.69, 9.17) is 11.6 Å². The number of hydrogen-bond donors (Lipinski definition) is 1. The molecule has 0 aromatic heterocycles. The summed E-state index contributed by atoms with van der Waals surface area (Å²) < 4.78 is 0. The Balaban J connectivity index is 1.26. The van der Waals surface area contributed by atoms with Gasteiger partial charge in [0, 0.05) is 42.8 Å². The van der Waals surface area contributed by atoms with Crippen LogP contribution >= 0.6 is 11.6 Å². The van der Waals surface area contributed by atoms with E-state index in [9.17, 15) is 4.79 Å². The Morgan fingerprint density at radius 3 is 2.10 bits per heavy atom. The zero-order chi connectivity index (χ0) is 26.9. The van der Waals surface area contributed by atoms with Gasteiger partial charge < -0.3 is 15.1 Å². The second-order valence-electron chi connectivity index (χ2n) is 10.2. The molecular formula is C34H36ClN3O. The monoisotopic (exact) mass is 537 g/mol. The van der Waals surface area contributed by atoms with Crippen molar-refractivity contribution in [1.29, 1.82) is 0 Å². The van der Waals surface area contributed by atoms with Gasteiger partial charge in [-0.3, -0.25) is 0 Å². The van der Waals surface area contributed by atoms with Gasteiger partial charge in [0.1, 0.15) is 0 Å². The van der Waals surface area contributed by atoms with Crippen LogP contribution in [0.4, 0.5) is 10.5 Å². The average molecular weight is 538 g/mol. The number of rotatable bonds is 9. The van der Waals surface area contributed by atoms with Crippen LogP contribution in [0.5, 0.6) is 0 Å². The van der Waals surface area contributed by atoms with Gasteiger partial charge in [-0.05, 0) is 60.6 Å². The number of likely N-dealkylation sites (tertiary alicyclic amines) is 1. The summed E-state index contributed by atoms with van der Waals surface area (Å²) in [5.41, 5.74) is 5.53. The number of carbonyl (C=O) groups is 1. The Hall–Kier alpha value is -3.60. The highest BCUT2D eigenvalue weighted by molar-refractivity contribution is 6.30. The van der Waals surface area contributed by atoms with Gasteiger partial charge in [0.25, 0.3) is 0 Å². The normalized spacial score (nSPS) is 14.2. The van der Waals surface area contributed by atoms with Crippen LogP contribution in [0.3, 0.4) is 0 Å². The van der Waals surface area contributed by atoms with Gasteiger partial charge in [-0.15, -0.1) is 0 Å². The molecule has 1 aliphatic rings. The van der Waals surface area contributed by atoms with Crippen LogP contribution in [0.25, 0.3) is 11.1 Å². The van der Waals surface area contributed by atoms with Crippen molar-refractivity contribution in [3.8, 4) is 11.1 Å². The number of benzene rings is 4. The fourth-order valence-electron chi connectivity index (χ4n) is 5.39. The number of nitrogens with zero attached hydrogens (tertiary/aromatic N) is 2. The number of anilines is 1. The number of urea groups is 1. The molecule has 0 aliphatic carbocycles. The molecule has 1 saturated heterocycles. The van der Waals surface area contributed by atoms with Gasteiger partial charge in [-0.2, -0.15) is 0 Å². The number of halogens is 1. The molecule has 0 saturated carbocycles. The van der Waals surface area contributed by atoms with Gasteiger partial charge in [-0.25, -0.2) is 4.79 Å². The molecule has 0 spiro atoms. The minimum absolute atomic E-state index is 0.0195. The fraction of sp³-hybridized carbons (Fsp3) is 0.265. The minimum Gasteiger partial charge on any atom is -0.321 e. The Bertz CT molecular complexity index is 1320. The maximum atomic E-state index is 13.8. The number of hydrogen-bond acceptors (Lipinski definition) is 2. The van der Waals surface area contributed by atoms with Crippen molar-refractivity contribution in [2.24, 2.45) is 0 Å². The lowest BCUT2D eigenvalue weighted by molar-refractivity contribution is 0.128. The summed E-state index contributed by atoms with van der Waals surface area (Å²) in [4.78, 5) is 18.4. The molecule has 1 heterocycles. The molecule has 200 valence electrons. The van der Waals surface area contributed by atoms with Crippen molar-refractivity contribution in [1.82, 2.24) is 9.80 Å². The predicted molar refractivity (Wildman–Crippen MR) is 162 cm³/mol. The van der Waals surface area contributed by atoms with Crippen LogP contribution in [0.1, 0.15) is 24.0 Å². The fourth-order valence-corrected chi connectivity index (χ4v) is 5.51. The maximum absolute atomic E-state index is 13.8. The van der Waals surface area contributed by atoms with E-state index in [-0.39, 0.29) is 12.1 Å². The first-order valence-corrected chi connectivity index (χ1v) is 14.3.